The maximum Gasteiger partial charge on any atom is 0.113 e. The number of rotatable bonds is 2. The van der Waals surface area contributed by atoms with E-state index in [-0.39, 0.29) is 0 Å². The first-order valence-corrected chi connectivity index (χ1v) is 4.91. The van der Waals surface area contributed by atoms with Gasteiger partial charge in [-0.2, -0.15) is 0 Å². The van der Waals surface area contributed by atoms with Crippen molar-refractivity contribution in [2.75, 3.05) is 0 Å². The van der Waals surface area contributed by atoms with Gasteiger partial charge in [-0.3, -0.25) is 0 Å². The van der Waals surface area contributed by atoms with Crippen LogP contribution in [0, 0.1) is 6.92 Å². The second kappa shape index (κ2) is 3.66. The van der Waals surface area contributed by atoms with Gasteiger partial charge in [0.2, 0.25) is 0 Å². The molecule has 0 atom stereocenters. The zero-order chi connectivity index (χ0) is 9.97. The summed E-state index contributed by atoms with van der Waals surface area (Å²) < 4.78 is 2.15. The number of imidazole rings is 1. The molecule has 2 nitrogen and oxygen atoms in total. The normalized spacial score (nSPS) is 10.4. The highest BCUT2D eigenvalue weighted by Gasteiger charge is 2.04. The molecule has 1 heterocycles. The molecule has 1 aromatic carbocycles. The molecule has 0 aliphatic carbocycles. The molecular weight excluding hydrogens is 172 g/mol. The molecule has 0 amide bonds. The molecule has 0 bridgehead atoms. The zero-order valence-electron chi connectivity index (χ0n) is 8.57. The van der Waals surface area contributed by atoms with Crippen molar-refractivity contribution in [1.82, 2.24) is 9.55 Å². The predicted octanol–water partition coefficient (Wildman–Crippen LogP) is 2.74. The van der Waals surface area contributed by atoms with Gasteiger partial charge in [-0.15, -0.1) is 0 Å². The Morgan fingerprint density at radius 1 is 1.21 bits per heavy atom. The number of hydrogen-bond acceptors (Lipinski definition) is 1. The summed E-state index contributed by atoms with van der Waals surface area (Å²) in [5, 5.41) is 0. The van der Waals surface area contributed by atoms with Crippen molar-refractivity contribution >= 4 is 0 Å². The number of aryl methyl sites for hydroxylation is 2. The Kier molecular flexibility index (Phi) is 2.35. The molecule has 0 spiro atoms. The third kappa shape index (κ3) is 1.55. The minimum absolute atomic E-state index is 0.961. The summed E-state index contributed by atoms with van der Waals surface area (Å²) in [4.78, 5) is 4.47. The van der Waals surface area contributed by atoms with Crippen molar-refractivity contribution in [3.05, 3.63) is 48.0 Å². The molecule has 0 N–H and O–H groups in total. The average molecular weight is 186 g/mol. The SMILES string of the molecule is CCc1nc(C)cn1-c1ccccc1. The lowest BCUT2D eigenvalue weighted by Gasteiger charge is -2.04. The summed E-state index contributed by atoms with van der Waals surface area (Å²) in [7, 11) is 0. The van der Waals surface area contributed by atoms with E-state index in [0.29, 0.717) is 0 Å². The van der Waals surface area contributed by atoms with Crippen molar-refractivity contribution in [2.24, 2.45) is 0 Å². The van der Waals surface area contributed by atoms with Crippen molar-refractivity contribution < 1.29 is 0 Å². The van der Waals surface area contributed by atoms with Crippen molar-refractivity contribution in [1.29, 1.82) is 0 Å². The molecule has 72 valence electrons. The number of benzene rings is 1. The first-order chi connectivity index (χ1) is 6.81. The van der Waals surface area contributed by atoms with Crippen LogP contribution in [0.4, 0.5) is 0 Å². The van der Waals surface area contributed by atoms with Gasteiger partial charge in [0.05, 0.1) is 5.69 Å². The molecule has 0 saturated carbocycles. The summed E-state index contributed by atoms with van der Waals surface area (Å²) >= 11 is 0. The molecule has 0 radical (unpaired) electrons. The Balaban J connectivity index is 2.51. The standard InChI is InChI=1S/C12H14N2/c1-3-12-13-10(2)9-14(12)11-7-5-4-6-8-11/h4-9H,3H2,1-2H3. The van der Waals surface area contributed by atoms with Crippen molar-refractivity contribution in [2.45, 2.75) is 20.3 Å². The minimum atomic E-state index is 0.961. The van der Waals surface area contributed by atoms with Crippen molar-refractivity contribution in [3.8, 4) is 5.69 Å². The second-order valence-corrected chi connectivity index (χ2v) is 3.36. The van der Waals surface area contributed by atoms with Crippen LogP contribution >= 0.6 is 0 Å². The van der Waals surface area contributed by atoms with E-state index in [1.807, 2.05) is 25.1 Å². The lowest BCUT2D eigenvalue weighted by molar-refractivity contribution is 0.890. The number of para-hydroxylation sites is 1. The third-order valence-electron chi connectivity index (χ3n) is 2.25. The summed E-state index contributed by atoms with van der Waals surface area (Å²) in [6, 6.07) is 10.3. The molecule has 2 aromatic rings. The summed E-state index contributed by atoms with van der Waals surface area (Å²) in [5.41, 5.74) is 2.26. The van der Waals surface area contributed by atoms with Crippen LogP contribution in [0.1, 0.15) is 18.4 Å². The summed E-state index contributed by atoms with van der Waals surface area (Å²) in [6.07, 6.45) is 3.04. The number of aromatic nitrogens is 2. The number of hydrogen-bond donors (Lipinski definition) is 0. The monoisotopic (exact) mass is 186 g/mol. The fourth-order valence-corrected chi connectivity index (χ4v) is 1.61. The molecule has 0 unspecified atom stereocenters. The summed E-state index contributed by atoms with van der Waals surface area (Å²) in [6.45, 7) is 4.15. The van der Waals surface area contributed by atoms with E-state index in [9.17, 15) is 0 Å². The highest BCUT2D eigenvalue weighted by Crippen LogP contribution is 2.12. The zero-order valence-corrected chi connectivity index (χ0v) is 8.57. The molecular formula is C12H14N2. The first kappa shape index (κ1) is 9.00. The highest BCUT2D eigenvalue weighted by atomic mass is 15.1. The minimum Gasteiger partial charge on any atom is -0.303 e. The first-order valence-electron chi connectivity index (χ1n) is 4.91. The van der Waals surface area contributed by atoms with Crippen LogP contribution in [0.15, 0.2) is 36.5 Å². The van der Waals surface area contributed by atoms with E-state index in [2.05, 4.69) is 34.8 Å². The maximum atomic E-state index is 4.47. The maximum absolute atomic E-state index is 4.47. The van der Waals surface area contributed by atoms with E-state index in [1.165, 1.54) is 5.69 Å². The molecule has 2 rings (SSSR count). The molecule has 14 heavy (non-hydrogen) atoms. The molecule has 0 fully saturated rings. The van der Waals surface area contributed by atoms with E-state index in [4.69, 9.17) is 0 Å². The van der Waals surface area contributed by atoms with Gasteiger partial charge >= 0.3 is 0 Å². The molecule has 0 aliphatic heterocycles. The fraction of sp³-hybridized carbons (Fsp3) is 0.250. The van der Waals surface area contributed by atoms with E-state index < -0.39 is 0 Å². The van der Waals surface area contributed by atoms with Crippen molar-refractivity contribution in [3.63, 3.8) is 0 Å². The fourth-order valence-electron chi connectivity index (χ4n) is 1.61. The van der Waals surface area contributed by atoms with Crippen LogP contribution in [0.3, 0.4) is 0 Å². The molecule has 1 aromatic heterocycles. The van der Waals surface area contributed by atoms with Crippen LogP contribution < -0.4 is 0 Å². The van der Waals surface area contributed by atoms with Gasteiger partial charge in [-0.05, 0) is 19.1 Å². The molecule has 0 saturated heterocycles. The van der Waals surface area contributed by atoms with Crippen LogP contribution in [0.2, 0.25) is 0 Å². The van der Waals surface area contributed by atoms with E-state index in [1.54, 1.807) is 0 Å². The van der Waals surface area contributed by atoms with Gasteiger partial charge in [0, 0.05) is 18.3 Å². The Hall–Kier alpha value is -1.57. The average Bonchev–Trinajstić information content (AvgIpc) is 2.61. The summed E-state index contributed by atoms with van der Waals surface area (Å²) in [5.74, 6) is 1.12. The van der Waals surface area contributed by atoms with Crippen LogP contribution in [-0.2, 0) is 6.42 Å². The van der Waals surface area contributed by atoms with Gasteiger partial charge < -0.3 is 4.57 Å². The lowest BCUT2D eigenvalue weighted by Crippen LogP contribution is -1.97. The number of nitrogens with zero attached hydrogens (tertiary/aromatic N) is 2. The van der Waals surface area contributed by atoms with Gasteiger partial charge in [-0.1, -0.05) is 25.1 Å². The van der Waals surface area contributed by atoms with Gasteiger partial charge in [0.25, 0.3) is 0 Å². The third-order valence-corrected chi connectivity index (χ3v) is 2.25. The van der Waals surface area contributed by atoms with Crippen LogP contribution in [0.25, 0.3) is 5.69 Å². The largest absolute Gasteiger partial charge is 0.303 e. The van der Waals surface area contributed by atoms with Crippen LogP contribution in [-0.4, -0.2) is 9.55 Å². The second-order valence-electron chi connectivity index (χ2n) is 3.36. The Morgan fingerprint density at radius 2 is 1.93 bits per heavy atom. The Bertz CT molecular complexity index is 415. The van der Waals surface area contributed by atoms with E-state index >= 15 is 0 Å². The molecule has 2 heteroatoms. The van der Waals surface area contributed by atoms with E-state index in [0.717, 1.165) is 17.9 Å². The smallest absolute Gasteiger partial charge is 0.113 e. The predicted molar refractivity (Wildman–Crippen MR) is 57.7 cm³/mol. The van der Waals surface area contributed by atoms with Crippen LogP contribution in [0.5, 0.6) is 0 Å². The lowest BCUT2D eigenvalue weighted by atomic mass is 10.3. The topological polar surface area (TPSA) is 17.8 Å². The molecule has 0 aliphatic rings. The highest BCUT2D eigenvalue weighted by molar-refractivity contribution is 5.33. The Labute approximate surface area is 84.2 Å². The Morgan fingerprint density at radius 3 is 2.57 bits per heavy atom. The van der Waals surface area contributed by atoms with Gasteiger partial charge in [-0.25, -0.2) is 4.98 Å². The van der Waals surface area contributed by atoms with Gasteiger partial charge in [0.15, 0.2) is 0 Å². The quantitative estimate of drug-likeness (QED) is 0.705. The van der Waals surface area contributed by atoms with Gasteiger partial charge in [0.1, 0.15) is 5.82 Å².